The van der Waals surface area contributed by atoms with Gasteiger partial charge in [-0.3, -0.25) is 6.08 Å². The molecule has 0 amide bonds. The van der Waals surface area contributed by atoms with Crippen molar-refractivity contribution >= 4 is 27.0 Å². The van der Waals surface area contributed by atoms with Crippen molar-refractivity contribution in [2.24, 2.45) is 0 Å². The van der Waals surface area contributed by atoms with Crippen molar-refractivity contribution in [2.75, 3.05) is 0 Å². The van der Waals surface area contributed by atoms with E-state index in [1.54, 1.807) is 18.5 Å². The van der Waals surface area contributed by atoms with Crippen molar-refractivity contribution in [2.45, 2.75) is 77.3 Å². The number of rotatable bonds is 0. The van der Waals surface area contributed by atoms with Gasteiger partial charge in [-0.25, -0.2) is 12.2 Å². The fourth-order valence-electron chi connectivity index (χ4n) is 3.63. The van der Waals surface area contributed by atoms with Gasteiger partial charge in [-0.2, -0.15) is 6.08 Å². The first-order chi connectivity index (χ1) is 14.6. The first-order valence-corrected chi connectivity index (χ1v) is 17.1. The van der Waals surface area contributed by atoms with Gasteiger partial charge in [-0.05, 0) is 10.8 Å². The summed E-state index contributed by atoms with van der Waals surface area (Å²) in [5.41, 5.74) is 3.60. The Balaban J connectivity index is 0.000000375. The monoisotopic (exact) mass is 572 g/mol. The molecule has 0 N–H and O–H groups in total. The van der Waals surface area contributed by atoms with Crippen LogP contribution in [0.1, 0.15) is 65.5 Å². The van der Waals surface area contributed by atoms with Gasteiger partial charge in [0.15, 0.2) is 0 Å². The van der Waals surface area contributed by atoms with Gasteiger partial charge in [0.1, 0.15) is 0 Å². The molecule has 3 aromatic rings. The van der Waals surface area contributed by atoms with Crippen LogP contribution in [0.25, 0.3) is 21.5 Å². The molecule has 1 aliphatic carbocycles. The fourth-order valence-corrected chi connectivity index (χ4v) is 6.94. The van der Waals surface area contributed by atoms with Gasteiger partial charge < -0.3 is 24.8 Å². The van der Waals surface area contributed by atoms with Crippen LogP contribution >= 0.6 is 0 Å². The number of hydrogen-bond acceptors (Lipinski definition) is 0. The van der Waals surface area contributed by atoms with Gasteiger partial charge in [0.05, 0.1) is 0 Å². The topological polar surface area (TPSA) is 0 Å². The maximum atomic E-state index is 2.99. The van der Waals surface area contributed by atoms with Crippen LogP contribution in [0.15, 0.2) is 60.7 Å². The third-order valence-electron chi connectivity index (χ3n) is 5.98. The van der Waals surface area contributed by atoms with E-state index in [0.29, 0.717) is 5.43 Å². The van der Waals surface area contributed by atoms with Crippen molar-refractivity contribution < 1.29 is 48.1 Å². The van der Waals surface area contributed by atoms with Gasteiger partial charge in [-0.15, -0.1) is 46.2 Å². The molecule has 176 valence electrons. The standard InChI is InChI=1S/C21H25.C5H5.C3H6Si.2ClH.Zr/c1-20(2,3)16-9-7-14-11-15-8-10-17(21(4,5)6)13-19(15)18(14)12-16;1-2-4-5-3-1;1-2-4-3-1;;;/h7-13H,1-6H3;1-3H,4H2;1-3H2;2*1H;/q2*-1;;;;+2/p-2. The third kappa shape index (κ3) is 8.57. The third-order valence-corrected chi connectivity index (χ3v) is 11.6. The summed E-state index contributed by atoms with van der Waals surface area (Å²) in [5.74, 6) is 0. The minimum absolute atomic E-state index is 0. The first-order valence-electron chi connectivity index (χ1n) is 11.5. The van der Waals surface area contributed by atoms with E-state index in [-0.39, 0.29) is 35.6 Å². The van der Waals surface area contributed by atoms with Crippen LogP contribution in [0, 0.1) is 6.08 Å². The molecule has 0 saturated carbocycles. The second kappa shape index (κ2) is 13.0. The van der Waals surface area contributed by atoms with E-state index in [1.807, 2.05) is 35.5 Å². The molecular formula is C29H36Cl2SiZr-2. The Morgan fingerprint density at radius 1 is 0.818 bits per heavy atom. The zero-order chi connectivity index (χ0) is 22.6. The second-order valence-electron chi connectivity index (χ2n) is 10.7. The van der Waals surface area contributed by atoms with E-state index in [9.17, 15) is 0 Å². The molecule has 1 saturated heterocycles. The predicted molar refractivity (Wildman–Crippen MR) is 136 cm³/mol. The summed E-state index contributed by atoms with van der Waals surface area (Å²) in [6, 6.07) is 19.4. The van der Waals surface area contributed by atoms with Gasteiger partial charge in [-0.1, -0.05) is 76.9 Å². The molecule has 0 bridgehead atoms. The van der Waals surface area contributed by atoms with Gasteiger partial charge in [0, 0.05) is 0 Å². The number of fused-ring (bicyclic) bond motifs is 3. The minimum atomic E-state index is 0. The fraction of sp³-hybridized carbons (Fsp3) is 0.414. The number of hydrogen-bond donors (Lipinski definition) is 0. The van der Waals surface area contributed by atoms with E-state index in [1.165, 1.54) is 32.7 Å². The second-order valence-corrected chi connectivity index (χ2v) is 18.1. The van der Waals surface area contributed by atoms with Crippen LogP contribution in [0.3, 0.4) is 0 Å². The van der Waals surface area contributed by atoms with Crippen molar-refractivity contribution in [3.8, 4) is 0 Å². The average Bonchev–Trinajstić information content (AvgIpc) is 3.36. The van der Waals surface area contributed by atoms with Gasteiger partial charge >= 0.3 is 47.3 Å². The summed E-state index contributed by atoms with van der Waals surface area (Å²) >= 11 is 1.86. The zero-order valence-electron chi connectivity index (χ0n) is 20.9. The Bertz CT molecular complexity index is 1040. The number of benzene rings is 2. The van der Waals surface area contributed by atoms with Gasteiger partial charge in [0.2, 0.25) is 0 Å². The van der Waals surface area contributed by atoms with E-state index in [0.717, 1.165) is 6.42 Å². The van der Waals surface area contributed by atoms with Crippen LogP contribution in [0.5, 0.6) is 0 Å². The number of halogens is 2. The Hall–Kier alpha value is -0.530. The van der Waals surface area contributed by atoms with Crippen molar-refractivity contribution in [1.82, 2.24) is 0 Å². The molecule has 0 radical (unpaired) electrons. The summed E-state index contributed by atoms with van der Waals surface area (Å²) in [6.45, 7) is 13.7. The summed E-state index contributed by atoms with van der Waals surface area (Å²) in [4.78, 5) is 0. The zero-order valence-corrected chi connectivity index (χ0v) is 25.8. The summed E-state index contributed by atoms with van der Waals surface area (Å²) in [7, 11) is 0. The molecule has 0 aromatic heterocycles. The molecular weight excluding hydrogens is 539 g/mol. The normalized spacial score (nSPS) is 14.5. The average molecular weight is 575 g/mol. The molecule has 0 spiro atoms. The van der Waals surface area contributed by atoms with E-state index < -0.39 is 0 Å². The molecule has 4 heteroatoms. The predicted octanol–water partition coefficient (Wildman–Crippen LogP) is 2.55. The number of allylic oxidation sites excluding steroid dienone is 4. The van der Waals surface area contributed by atoms with Crippen LogP contribution in [0.4, 0.5) is 0 Å². The summed E-state index contributed by atoms with van der Waals surface area (Å²) < 4.78 is 0. The van der Waals surface area contributed by atoms with Crippen molar-refractivity contribution in [1.29, 1.82) is 0 Å². The first kappa shape index (κ1) is 30.5. The molecule has 0 atom stereocenters. The van der Waals surface area contributed by atoms with Gasteiger partial charge in [0.25, 0.3) is 0 Å². The molecule has 3 aromatic carbocycles. The van der Waals surface area contributed by atoms with Crippen LogP contribution in [-0.4, -0.2) is 5.43 Å². The van der Waals surface area contributed by atoms with Crippen LogP contribution in [-0.2, 0) is 34.2 Å². The summed E-state index contributed by atoms with van der Waals surface area (Å²) in [6.07, 6.45) is 11.6. The molecule has 0 unspecified atom stereocenters. The van der Waals surface area contributed by atoms with Crippen molar-refractivity contribution in [3.05, 3.63) is 77.9 Å². The molecule has 1 fully saturated rings. The molecule has 1 aliphatic heterocycles. The van der Waals surface area contributed by atoms with Crippen LogP contribution in [0.2, 0.25) is 12.1 Å². The SMILES string of the molecule is CC(C)(C)c1ccc2[cH-]c3ccc(C(C)(C)C)cc3c2c1.[C-]1=CC=CC1.[Cl-].[Cl-].[Zr+2]=[Si]1CCC1. The molecule has 1 heterocycles. The van der Waals surface area contributed by atoms with E-state index in [2.05, 4.69) is 96.2 Å². The van der Waals surface area contributed by atoms with Crippen molar-refractivity contribution in [3.63, 3.8) is 0 Å². The quantitative estimate of drug-likeness (QED) is 0.286. The summed E-state index contributed by atoms with van der Waals surface area (Å²) in [5, 5.41) is 5.49. The molecule has 0 nitrogen and oxygen atoms in total. The van der Waals surface area contributed by atoms with E-state index >= 15 is 0 Å². The Labute approximate surface area is 228 Å². The van der Waals surface area contributed by atoms with E-state index in [4.69, 9.17) is 0 Å². The maximum absolute atomic E-state index is 2.99. The Morgan fingerprint density at radius 3 is 1.52 bits per heavy atom. The molecule has 33 heavy (non-hydrogen) atoms. The Kier molecular flexibility index (Phi) is 12.0. The molecule has 2 aliphatic rings. The van der Waals surface area contributed by atoms with Crippen LogP contribution < -0.4 is 24.8 Å². The molecule has 5 rings (SSSR count). The Morgan fingerprint density at radius 2 is 1.27 bits per heavy atom.